The first-order valence-electron chi connectivity index (χ1n) is 7.01. The van der Waals surface area contributed by atoms with E-state index in [0.717, 1.165) is 12.1 Å². The SMILES string of the molecule is O=C(Cn1cnnn1)Nc1ccc2c(c1)Cc1ccccc1-2. The number of carbonyl (C=O) groups is 1. The van der Waals surface area contributed by atoms with Crippen molar-refractivity contribution in [1.29, 1.82) is 0 Å². The fraction of sp³-hybridized carbons (Fsp3) is 0.125. The van der Waals surface area contributed by atoms with Crippen molar-refractivity contribution in [3.8, 4) is 11.1 Å². The molecule has 6 heteroatoms. The largest absolute Gasteiger partial charge is 0.324 e. The van der Waals surface area contributed by atoms with Crippen LogP contribution in [0.25, 0.3) is 11.1 Å². The van der Waals surface area contributed by atoms with Crippen LogP contribution in [-0.4, -0.2) is 26.1 Å². The van der Waals surface area contributed by atoms with E-state index in [2.05, 4.69) is 51.2 Å². The topological polar surface area (TPSA) is 72.7 Å². The molecule has 0 unspecified atom stereocenters. The number of carbonyl (C=O) groups excluding carboxylic acids is 1. The number of rotatable bonds is 3. The summed E-state index contributed by atoms with van der Waals surface area (Å²) < 4.78 is 1.39. The fourth-order valence-corrected chi connectivity index (χ4v) is 2.82. The molecule has 22 heavy (non-hydrogen) atoms. The number of aromatic nitrogens is 4. The van der Waals surface area contributed by atoms with Gasteiger partial charge in [-0.25, -0.2) is 4.68 Å². The van der Waals surface area contributed by atoms with E-state index in [-0.39, 0.29) is 12.5 Å². The molecule has 1 heterocycles. The molecule has 4 rings (SSSR count). The summed E-state index contributed by atoms with van der Waals surface area (Å²) in [6.45, 7) is 0.101. The number of anilines is 1. The van der Waals surface area contributed by atoms with E-state index in [1.54, 1.807) is 0 Å². The maximum absolute atomic E-state index is 12.0. The normalized spacial score (nSPS) is 11.8. The average molecular weight is 291 g/mol. The van der Waals surface area contributed by atoms with E-state index in [4.69, 9.17) is 0 Å². The minimum Gasteiger partial charge on any atom is -0.324 e. The van der Waals surface area contributed by atoms with Gasteiger partial charge in [0.1, 0.15) is 12.9 Å². The molecule has 1 aliphatic carbocycles. The standard InChI is InChI=1S/C16H13N5O/c22-16(9-21-10-17-19-20-21)18-13-5-6-15-12(8-13)7-11-3-1-2-4-14(11)15/h1-6,8,10H,7,9H2,(H,18,22). The fourth-order valence-electron chi connectivity index (χ4n) is 2.82. The van der Waals surface area contributed by atoms with Crippen LogP contribution in [0, 0.1) is 0 Å². The molecule has 1 aliphatic rings. The summed E-state index contributed by atoms with van der Waals surface area (Å²) in [6.07, 6.45) is 2.32. The Hall–Kier alpha value is -3.02. The van der Waals surface area contributed by atoms with Crippen LogP contribution in [0.2, 0.25) is 0 Å². The summed E-state index contributed by atoms with van der Waals surface area (Å²) >= 11 is 0. The molecule has 0 fully saturated rings. The third-order valence-corrected chi connectivity index (χ3v) is 3.77. The summed E-state index contributed by atoms with van der Waals surface area (Å²) in [5, 5.41) is 13.6. The zero-order chi connectivity index (χ0) is 14.9. The Kier molecular flexibility index (Phi) is 2.93. The van der Waals surface area contributed by atoms with Gasteiger partial charge in [-0.05, 0) is 51.2 Å². The molecule has 1 N–H and O–H groups in total. The van der Waals surface area contributed by atoms with Crippen molar-refractivity contribution < 1.29 is 4.79 Å². The highest BCUT2D eigenvalue weighted by molar-refractivity contribution is 5.91. The molecule has 2 aromatic carbocycles. The van der Waals surface area contributed by atoms with Crippen LogP contribution in [0.15, 0.2) is 48.8 Å². The van der Waals surface area contributed by atoms with Crippen LogP contribution < -0.4 is 5.32 Å². The highest BCUT2D eigenvalue weighted by Crippen LogP contribution is 2.37. The van der Waals surface area contributed by atoms with Crippen LogP contribution in [0.1, 0.15) is 11.1 Å². The van der Waals surface area contributed by atoms with Gasteiger partial charge < -0.3 is 5.32 Å². The van der Waals surface area contributed by atoms with E-state index >= 15 is 0 Å². The average Bonchev–Trinajstić information content (AvgIpc) is 3.13. The van der Waals surface area contributed by atoms with Crippen molar-refractivity contribution in [3.05, 3.63) is 59.9 Å². The van der Waals surface area contributed by atoms with Crippen LogP contribution in [0.4, 0.5) is 5.69 Å². The number of hydrogen-bond acceptors (Lipinski definition) is 4. The van der Waals surface area contributed by atoms with Gasteiger partial charge in [0, 0.05) is 5.69 Å². The van der Waals surface area contributed by atoms with E-state index in [1.165, 1.54) is 33.3 Å². The zero-order valence-corrected chi connectivity index (χ0v) is 11.7. The Morgan fingerprint density at radius 1 is 1.14 bits per heavy atom. The number of amides is 1. The first-order chi connectivity index (χ1) is 10.8. The summed E-state index contributed by atoms with van der Waals surface area (Å²) in [7, 11) is 0. The predicted octanol–water partition coefficient (Wildman–Crippen LogP) is 1.88. The number of nitrogens with one attached hydrogen (secondary N) is 1. The molecule has 0 bridgehead atoms. The summed E-state index contributed by atoms with van der Waals surface area (Å²) in [5.41, 5.74) is 5.89. The number of tetrazole rings is 1. The van der Waals surface area contributed by atoms with E-state index < -0.39 is 0 Å². The highest BCUT2D eigenvalue weighted by atomic mass is 16.2. The second-order valence-electron chi connectivity index (χ2n) is 5.26. The van der Waals surface area contributed by atoms with Crippen LogP contribution in [0.3, 0.4) is 0 Å². The molecule has 1 aromatic heterocycles. The highest BCUT2D eigenvalue weighted by Gasteiger charge is 2.18. The van der Waals surface area contributed by atoms with E-state index in [0.29, 0.717) is 0 Å². The summed E-state index contributed by atoms with van der Waals surface area (Å²) in [5.74, 6) is -0.150. The quantitative estimate of drug-likeness (QED) is 0.625. The molecular formula is C16H13N5O. The number of nitrogens with zero attached hydrogens (tertiary/aromatic N) is 4. The third-order valence-electron chi connectivity index (χ3n) is 3.77. The lowest BCUT2D eigenvalue weighted by atomic mass is 10.1. The van der Waals surface area contributed by atoms with Gasteiger partial charge in [0.05, 0.1) is 0 Å². The Bertz CT molecular complexity index is 842. The minimum atomic E-state index is -0.150. The Morgan fingerprint density at radius 3 is 2.86 bits per heavy atom. The lowest BCUT2D eigenvalue weighted by Gasteiger charge is -2.07. The molecular weight excluding hydrogens is 278 g/mol. The first kappa shape index (κ1) is 12.7. The minimum absolute atomic E-state index is 0.101. The molecule has 1 amide bonds. The smallest absolute Gasteiger partial charge is 0.246 e. The van der Waals surface area contributed by atoms with Crippen molar-refractivity contribution in [1.82, 2.24) is 20.2 Å². The van der Waals surface area contributed by atoms with Crippen LogP contribution >= 0.6 is 0 Å². The van der Waals surface area contributed by atoms with Gasteiger partial charge in [-0.3, -0.25) is 4.79 Å². The van der Waals surface area contributed by atoms with Gasteiger partial charge >= 0.3 is 0 Å². The first-order valence-corrected chi connectivity index (χ1v) is 7.01. The second kappa shape index (κ2) is 5.07. The molecule has 0 spiro atoms. The van der Waals surface area contributed by atoms with Crippen molar-refractivity contribution in [2.24, 2.45) is 0 Å². The van der Waals surface area contributed by atoms with Crippen molar-refractivity contribution >= 4 is 11.6 Å². The maximum Gasteiger partial charge on any atom is 0.246 e. The zero-order valence-electron chi connectivity index (χ0n) is 11.7. The second-order valence-corrected chi connectivity index (χ2v) is 5.26. The van der Waals surface area contributed by atoms with Crippen LogP contribution in [-0.2, 0) is 17.8 Å². The molecule has 0 saturated carbocycles. The van der Waals surface area contributed by atoms with Gasteiger partial charge in [-0.1, -0.05) is 30.3 Å². The summed E-state index contributed by atoms with van der Waals surface area (Å²) in [6, 6.07) is 14.4. The molecule has 0 atom stereocenters. The number of benzene rings is 2. The lowest BCUT2D eigenvalue weighted by Crippen LogP contribution is -2.19. The Morgan fingerprint density at radius 2 is 2.00 bits per heavy atom. The molecule has 108 valence electrons. The van der Waals surface area contributed by atoms with E-state index in [9.17, 15) is 4.79 Å². The van der Waals surface area contributed by atoms with Gasteiger partial charge in [0.2, 0.25) is 5.91 Å². The molecule has 3 aromatic rings. The summed E-state index contributed by atoms with van der Waals surface area (Å²) in [4.78, 5) is 12.0. The van der Waals surface area contributed by atoms with Crippen molar-refractivity contribution in [2.75, 3.05) is 5.32 Å². The van der Waals surface area contributed by atoms with Gasteiger partial charge in [-0.15, -0.1) is 5.10 Å². The predicted molar refractivity (Wildman–Crippen MR) is 81.1 cm³/mol. The number of hydrogen-bond donors (Lipinski definition) is 1. The van der Waals surface area contributed by atoms with Crippen LogP contribution in [0.5, 0.6) is 0 Å². The van der Waals surface area contributed by atoms with Gasteiger partial charge in [0.15, 0.2) is 0 Å². The molecule has 0 radical (unpaired) electrons. The van der Waals surface area contributed by atoms with Crippen molar-refractivity contribution in [2.45, 2.75) is 13.0 Å². The third kappa shape index (κ3) is 2.24. The van der Waals surface area contributed by atoms with Gasteiger partial charge in [0.25, 0.3) is 0 Å². The molecule has 6 nitrogen and oxygen atoms in total. The molecule has 0 saturated heterocycles. The van der Waals surface area contributed by atoms with Crippen molar-refractivity contribution in [3.63, 3.8) is 0 Å². The maximum atomic E-state index is 12.0. The Labute approximate surface area is 126 Å². The lowest BCUT2D eigenvalue weighted by molar-refractivity contribution is -0.116. The monoisotopic (exact) mass is 291 g/mol. The van der Waals surface area contributed by atoms with Gasteiger partial charge in [-0.2, -0.15) is 0 Å². The number of fused-ring (bicyclic) bond motifs is 3. The van der Waals surface area contributed by atoms with E-state index in [1.807, 2.05) is 12.1 Å². The molecule has 0 aliphatic heterocycles. The Balaban J connectivity index is 1.53.